The number of nitrogens with zero attached hydrogens (tertiary/aromatic N) is 1. The Morgan fingerprint density at radius 3 is 2.19 bits per heavy atom. The van der Waals surface area contributed by atoms with E-state index in [0.717, 1.165) is 13.2 Å². The molecule has 0 amide bonds. The van der Waals surface area contributed by atoms with Crippen molar-refractivity contribution in [3.05, 3.63) is 28.8 Å². The first-order valence-electron chi connectivity index (χ1n) is 4.99. The SMILES string of the molecule is COC(=O)c1cc(SC(F)(F)F)cc(C#N)c1C(F)(F)F. The van der Waals surface area contributed by atoms with E-state index in [9.17, 15) is 31.1 Å². The van der Waals surface area contributed by atoms with Gasteiger partial charge in [0, 0.05) is 4.90 Å². The molecular formula is C11H5F6NO2S. The average Bonchev–Trinajstić information content (AvgIpc) is 2.33. The van der Waals surface area contributed by atoms with Crippen LogP contribution in [0.25, 0.3) is 0 Å². The molecule has 10 heteroatoms. The van der Waals surface area contributed by atoms with Gasteiger partial charge in [0.05, 0.1) is 29.9 Å². The summed E-state index contributed by atoms with van der Waals surface area (Å²) in [5.41, 5.74) is -8.63. The number of thioether (sulfide) groups is 1. The van der Waals surface area contributed by atoms with E-state index in [-0.39, 0.29) is 0 Å². The lowest BCUT2D eigenvalue weighted by molar-refractivity contribution is -0.138. The molecule has 0 heterocycles. The van der Waals surface area contributed by atoms with E-state index in [4.69, 9.17) is 5.26 Å². The van der Waals surface area contributed by atoms with Crippen LogP contribution in [0.2, 0.25) is 0 Å². The summed E-state index contributed by atoms with van der Waals surface area (Å²) in [6.07, 6.45) is -5.09. The van der Waals surface area contributed by atoms with Gasteiger partial charge >= 0.3 is 17.7 Å². The van der Waals surface area contributed by atoms with Gasteiger partial charge in [0.15, 0.2) is 0 Å². The van der Waals surface area contributed by atoms with Gasteiger partial charge in [0.1, 0.15) is 0 Å². The van der Waals surface area contributed by atoms with E-state index in [2.05, 4.69) is 4.74 Å². The summed E-state index contributed by atoms with van der Waals surface area (Å²) in [7, 11) is 0.776. The predicted octanol–water partition coefficient (Wildman–Crippen LogP) is 3.98. The van der Waals surface area contributed by atoms with Crippen LogP contribution in [0.1, 0.15) is 21.5 Å². The molecule has 0 bridgehead atoms. The smallest absolute Gasteiger partial charge is 0.446 e. The highest BCUT2D eigenvalue weighted by molar-refractivity contribution is 8.00. The molecule has 0 aliphatic carbocycles. The number of alkyl halides is 6. The molecule has 0 N–H and O–H groups in total. The third-order valence-corrected chi connectivity index (χ3v) is 2.86. The van der Waals surface area contributed by atoms with Gasteiger partial charge in [-0.1, -0.05) is 0 Å². The van der Waals surface area contributed by atoms with Crippen molar-refractivity contribution in [3.8, 4) is 6.07 Å². The topological polar surface area (TPSA) is 50.1 Å². The minimum absolute atomic E-state index is 0.396. The van der Waals surface area contributed by atoms with Gasteiger partial charge in [-0.25, -0.2) is 4.79 Å². The summed E-state index contributed by atoms with van der Waals surface area (Å²) in [5.74, 6) is -1.48. The Hall–Kier alpha value is -1.89. The molecule has 0 spiro atoms. The van der Waals surface area contributed by atoms with E-state index in [1.807, 2.05) is 0 Å². The van der Waals surface area contributed by atoms with Crippen LogP contribution < -0.4 is 0 Å². The van der Waals surface area contributed by atoms with Crippen molar-refractivity contribution in [1.29, 1.82) is 5.26 Å². The van der Waals surface area contributed by atoms with Crippen LogP contribution in [0.3, 0.4) is 0 Å². The Morgan fingerprint density at radius 2 is 1.81 bits per heavy atom. The van der Waals surface area contributed by atoms with Crippen LogP contribution in [0, 0.1) is 11.3 Å². The van der Waals surface area contributed by atoms with Gasteiger partial charge in [0.25, 0.3) is 0 Å². The second-order valence-electron chi connectivity index (χ2n) is 3.54. The molecule has 0 saturated carbocycles. The van der Waals surface area contributed by atoms with E-state index in [1.54, 1.807) is 0 Å². The lowest BCUT2D eigenvalue weighted by atomic mass is 10.0. The van der Waals surface area contributed by atoms with Crippen molar-refractivity contribution in [2.24, 2.45) is 0 Å². The van der Waals surface area contributed by atoms with Crippen molar-refractivity contribution in [3.63, 3.8) is 0 Å². The third-order valence-electron chi connectivity index (χ3n) is 2.15. The monoisotopic (exact) mass is 329 g/mol. The number of ether oxygens (including phenoxy) is 1. The maximum Gasteiger partial charge on any atom is 0.446 e. The number of hydrogen-bond donors (Lipinski definition) is 0. The first-order valence-corrected chi connectivity index (χ1v) is 5.80. The zero-order valence-electron chi connectivity index (χ0n) is 10.1. The highest BCUT2D eigenvalue weighted by atomic mass is 32.2. The van der Waals surface area contributed by atoms with Crippen molar-refractivity contribution in [2.45, 2.75) is 16.6 Å². The zero-order chi connectivity index (χ0) is 16.4. The Labute approximate surface area is 118 Å². The van der Waals surface area contributed by atoms with Gasteiger partial charge in [-0.15, -0.1) is 0 Å². The van der Waals surface area contributed by atoms with Crippen LogP contribution in [0.5, 0.6) is 0 Å². The first-order chi connectivity index (χ1) is 9.49. The molecule has 0 aromatic heterocycles. The van der Waals surface area contributed by atoms with Gasteiger partial charge in [-0.2, -0.15) is 31.6 Å². The fourth-order valence-corrected chi connectivity index (χ4v) is 2.09. The molecule has 0 fully saturated rings. The van der Waals surface area contributed by atoms with Crippen LogP contribution in [0.4, 0.5) is 26.3 Å². The summed E-state index contributed by atoms with van der Waals surface area (Å²) in [5, 5.41) is 8.69. The minimum Gasteiger partial charge on any atom is -0.465 e. The summed E-state index contributed by atoms with van der Waals surface area (Å²) in [4.78, 5) is 10.6. The molecule has 0 aliphatic rings. The van der Waals surface area contributed by atoms with Crippen LogP contribution >= 0.6 is 11.8 Å². The molecule has 3 nitrogen and oxygen atoms in total. The van der Waals surface area contributed by atoms with Crippen LogP contribution in [0.15, 0.2) is 17.0 Å². The van der Waals surface area contributed by atoms with Crippen molar-refractivity contribution >= 4 is 17.7 Å². The predicted molar refractivity (Wildman–Crippen MR) is 59.4 cm³/mol. The Balaban J connectivity index is 3.59. The molecule has 0 radical (unpaired) electrons. The second-order valence-corrected chi connectivity index (χ2v) is 4.68. The van der Waals surface area contributed by atoms with Gasteiger partial charge < -0.3 is 4.74 Å². The van der Waals surface area contributed by atoms with Gasteiger partial charge in [-0.05, 0) is 23.9 Å². The average molecular weight is 329 g/mol. The summed E-state index contributed by atoms with van der Waals surface area (Å²) >= 11 is -0.735. The number of methoxy groups -OCH3 is 1. The maximum atomic E-state index is 12.9. The Bertz CT molecular complexity index is 602. The number of esters is 1. The van der Waals surface area contributed by atoms with Crippen LogP contribution in [-0.2, 0) is 10.9 Å². The highest BCUT2D eigenvalue weighted by Crippen LogP contribution is 2.41. The molecule has 1 rings (SSSR count). The normalized spacial score (nSPS) is 11.9. The number of halogens is 6. The number of carbonyl (C=O) groups is 1. The van der Waals surface area contributed by atoms with Crippen molar-refractivity contribution in [2.75, 3.05) is 7.11 Å². The van der Waals surface area contributed by atoms with E-state index >= 15 is 0 Å². The number of carbonyl (C=O) groups excluding carboxylic acids is 1. The zero-order valence-corrected chi connectivity index (χ0v) is 10.9. The fourth-order valence-electron chi connectivity index (χ4n) is 1.47. The molecule has 21 heavy (non-hydrogen) atoms. The second kappa shape index (κ2) is 5.85. The fraction of sp³-hybridized carbons (Fsp3) is 0.273. The quantitative estimate of drug-likeness (QED) is 0.468. The molecule has 1 aromatic carbocycles. The minimum atomic E-state index is -5.09. The third kappa shape index (κ3) is 4.29. The Morgan fingerprint density at radius 1 is 1.24 bits per heavy atom. The van der Waals surface area contributed by atoms with Gasteiger partial charge in [0.2, 0.25) is 0 Å². The summed E-state index contributed by atoms with van der Waals surface area (Å²) < 4.78 is 79.5. The molecule has 0 atom stereocenters. The summed E-state index contributed by atoms with van der Waals surface area (Å²) in [6.45, 7) is 0. The van der Waals surface area contributed by atoms with E-state index in [0.29, 0.717) is 12.1 Å². The number of hydrogen-bond acceptors (Lipinski definition) is 4. The van der Waals surface area contributed by atoms with E-state index in [1.165, 1.54) is 0 Å². The maximum absolute atomic E-state index is 12.9. The van der Waals surface area contributed by atoms with E-state index < -0.39 is 51.0 Å². The van der Waals surface area contributed by atoms with Crippen molar-refractivity contribution in [1.82, 2.24) is 0 Å². The number of rotatable bonds is 2. The molecule has 114 valence electrons. The summed E-state index contributed by atoms with van der Waals surface area (Å²) in [6, 6.07) is 1.96. The Kier molecular flexibility index (Phi) is 4.78. The lowest BCUT2D eigenvalue weighted by Gasteiger charge is -2.15. The van der Waals surface area contributed by atoms with Crippen molar-refractivity contribution < 1.29 is 35.9 Å². The van der Waals surface area contributed by atoms with Crippen LogP contribution in [-0.4, -0.2) is 18.6 Å². The largest absolute Gasteiger partial charge is 0.465 e. The number of benzene rings is 1. The molecule has 0 aliphatic heterocycles. The van der Waals surface area contributed by atoms with Gasteiger partial charge in [-0.3, -0.25) is 0 Å². The standard InChI is InChI=1S/C11H5F6NO2S/c1-20-9(19)7-3-6(21-11(15,16)17)2-5(4-18)8(7)10(12,13)14/h2-3H,1H3. The number of nitriles is 1. The highest BCUT2D eigenvalue weighted by Gasteiger charge is 2.40. The molecule has 0 saturated heterocycles. The first kappa shape index (κ1) is 17.2. The molecule has 0 unspecified atom stereocenters. The molecule has 1 aromatic rings. The lowest BCUT2D eigenvalue weighted by Crippen LogP contribution is -2.17. The molecular weight excluding hydrogens is 324 g/mol.